The summed E-state index contributed by atoms with van der Waals surface area (Å²) < 4.78 is 5.28. The second-order valence-electron chi connectivity index (χ2n) is 6.54. The van der Waals surface area contributed by atoms with Crippen molar-refractivity contribution in [3.8, 4) is 5.75 Å². The number of hydrogen-bond donors (Lipinski definition) is 0. The summed E-state index contributed by atoms with van der Waals surface area (Å²) in [6.45, 7) is 4.03. The highest BCUT2D eigenvalue weighted by Crippen LogP contribution is 2.18. The van der Waals surface area contributed by atoms with Crippen LogP contribution in [0, 0.1) is 0 Å². The quantitative estimate of drug-likeness (QED) is 0.727. The lowest BCUT2D eigenvalue weighted by molar-refractivity contribution is -0.130. The standard InChI is InChI=1S/C21H26N2O2S/c1-25-19-5-3-4-18(14-19)16-23-13-12-22(11-10-21(23)24)15-17-6-8-20(26-2)9-7-17/h3-9,14H,10-13,15-16H2,1-2H3. The highest BCUT2D eigenvalue weighted by Gasteiger charge is 2.21. The van der Waals surface area contributed by atoms with E-state index < -0.39 is 0 Å². The third kappa shape index (κ3) is 5.02. The molecule has 0 unspecified atom stereocenters. The van der Waals surface area contributed by atoms with Crippen molar-refractivity contribution in [1.29, 1.82) is 0 Å². The molecule has 0 N–H and O–H groups in total. The number of thioether (sulfide) groups is 1. The van der Waals surface area contributed by atoms with Gasteiger partial charge >= 0.3 is 0 Å². The molecular formula is C21H26N2O2S. The SMILES string of the molecule is COc1cccc(CN2CCN(Cc3ccc(SC)cc3)CCC2=O)c1. The lowest BCUT2D eigenvalue weighted by Gasteiger charge is -2.22. The Morgan fingerprint density at radius 2 is 1.81 bits per heavy atom. The fourth-order valence-electron chi connectivity index (χ4n) is 3.22. The van der Waals surface area contributed by atoms with Crippen molar-refractivity contribution in [1.82, 2.24) is 9.80 Å². The Kier molecular flexibility index (Phi) is 6.58. The molecule has 1 aliphatic heterocycles. The van der Waals surface area contributed by atoms with E-state index in [1.807, 2.05) is 29.2 Å². The van der Waals surface area contributed by atoms with E-state index in [1.165, 1.54) is 10.5 Å². The van der Waals surface area contributed by atoms with E-state index in [1.54, 1.807) is 18.9 Å². The van der Waals surface area contributed by atoms with Crippen LogP contribution in [0.3, 0.4) is 0 Å². The molecule has 1 aliphatic rings. The van der Waals surface area contributed by atoms with Crippen molar-refractivity contribution >= 4 is 17.7 Å². The first kappa shape index (κ1) is 18.8. The van der Waals surface area contributed by atoms with Crippen molar-refractivity contribution in [2.45, 2.75) is 24.4 Å². The van der Waals surface area contributed by atoms with Crippen molar-refractivity contribution in [3.05, 3.63) is 59.7 Å². The van der Waals surface area contributed by atoms with Crippen LogP contribution in [-0.4, -0.2) is 48.7 Å². The molecule has 1 heterocycles. The van der Waals surface area contributed by atoms with E-state index >= 15 is 0 Å². The van der Waals surface area contributed by atoms with Gasteiger partial charge in [0.1, 0.15) is 5.75 Å². The largest absolute Gasteiger partial charge is 0.497 e. The summed E-state index contributed by atoms with van der Waals surface area (Å²) >= 11 is 1.76. The molecule has 0 bridgehead atoms. The van der Waals surface area contributed by atoms with Gasteiger partial charge in [0, 0.05) is 44.0 Å². The van der Waals surface area contributed by atoms with Crippen molar-refractivity contribution in [2.75, 3.05) is 33.0 Å². The lowest BCUT2D eigenvalue weighted by Crippen LogP contribution is -2.32. The van der Waals surface area contributed by atoms with E-state index in [0.717, 1.165) is 37.5 Å². The zero-order valence-electron chi connectivity index (χ0n) is 15.5. The summed E-state index contributed by atoms with van der Waals surface area (Å²) in [6, 6.07) is 16.7. The number of carbonyl (C=O) groups is 1. The molecule has 4 nitrogen and oxygen atoms in total. The van der Waals surface area contributed by atoms with Gasteiger partial charge in [0.25, 0.3) is 0 Å². The Bertz CT molecular complexity index is 733. The fraction of sp³-hybridized carbons (Fsp3) is 0.381. The highest BCUT2D eigenvalue weighted by molar-refractivity contribution is 7.98. The van der Waals surface area contributed by atoms with Crippen LogP contribution in [0.1, 0.15) is 17.5 Å². The van der Waals surface area contributed by atoms with Crippen molar-refractivity contribution in [2.24, 2.45) is 0 Å². The molecule has 0 spiro atoms. The molecule has 2 aromatic rings. The van der Waals surface area contributed by atoms with Crippen LogP contribution in [0.4, 0.5) is 0 Å². The Labute approximate surface area is 160 Å². The Morgan fingerprint density at radius 3 is 2.54 bits per heavy atom. The zero-order chi connectivity index (χ0) is 18.4. The molecule has 3 rings (SSSR count). The predicted molar refractivity (Wildman–Crippen MR) is 107 cm³/mol. The van der Waals surface area contributed by atoms with Gasteiger partial charge in [-0.1, -0.05) is 24.3 Å². The van der Waals surface area contributed by atoms with E-state index in [0.29, 0.717) is 13.0 Å². The first-order valence-corrected chi connectivity index (χ1v) is 10.2. The summed E-state index contributed by atoms with van der Waals surface area (Å²) in [4.78, 5) is 18.1. The molecular weight excluding hydrogens is 344 g/mol. The molecule has 1 saturated heterocycles. The van der Waals surface area contributed by atoms with Crippen LogP contribution in [0.15, 0.2) is 53.4 Å². The van der Waals surface area contributed by atoms with Crippen LogP contribution >= 0.6 is 11.8 Å². The van der Waals surface area contributed by atoms with Gasteiger partial charge in [-0.2, -0.15) is 0 Å². The molecule has 0 aromatic heterocycles. The normalized spacial score (nSPS) is 15.8. The topological polar surface area (TPSA) is 32.8 Å². The Morgan fingerprint density at radius 1 is 1.00 bits per heavy atom. The van der Waals surface area contributed by atoms with E-state index in [2.05, 4.69) is 35.4 Å². The number of ether oxygens (including phenoxy) is 1. The summed E-state index contributed by atoms with van der Waals surface area (Å²) in [5, 5.41) is 0. The molecule has 0 atom stereocenters. The lowest BCUT2D eigenvalue weighted by atomic mass is 10.2. The molecule has 1 amide bonds. The van der Waals surface area contributed by atoms with E-state index in [9.17, 15) is 4.79 Å². The Hall–Kier alpha value is -1.98. The van der Waals surface area contributed by atoms with Gasteiger partial charge in [-0.15, -0.1) is 11.8 Å². The second kappa shape index (κ2) is 9.10. The number of rotatable bonds is 6. The van der Waals surface area contributed by atoms with E-state index in [-0.39, 0.29) is 5.91 Å². The minimum absolute atomic E-state index is 0.230. The second-order valence-corrected chi connectivity index (χ2v) is 7.42. The number of carbonyl (C=O) groups excluding carboxylic acids is 1. The van der Waals surface area contributed by atoms with Gasteiger partial charge in [0.05, 0.1) is 7.11 Å². The number of hydrogen-bond acceptors (Lipinski definition) is 4. The van der Waals surface area contributed by atoms with Crippen LogP contribution in [0.2, 0.25) is 0 Å². The molecule has 0 radical (unpaired) electrons. The average Bonchev–Trinajstić information content (AvgIpc) is 2.85. The molecule has 5 heteroatoms. The molecule has 2 aromatic carbocycles. The number of amides is 1. The van der Waals surface area contributed by atoms with Gasteiger partial charge in [-0.05, 0) is 41.6 Å². The average molecular weight is 371 g/mol. The zero-order valence-corrected chi connectivity index (χ0v) is 16.3. The van der Waals surface area contributed by atoms with Gasteiger partial charge in [-0.25, -0.2) is 0 Å². The van der Waals surface area contributed by atoms with Gasteiger partial charge in [0.2, 0.25) is 5.91 Å². The minimum Gasteiger partial charge on any atom is -0.497 e. The maximum atomic E-state index is 12.5. The fourth-order valence-corrected chi connectivity index (χ4v) is 3.62. The summed E-state index contributed by atoms with van der Waals surface area (Å²) in [5.41, 5.74) is 2.41. The van der Waals surface area contributed by atoms with Crippen LogP contribution in [0.25, 0.3) is 0 Å². The number of methoxy groups -OCH3 is 1. The number of benzene rings is 2. The monoisotopic (exact) mass is 370 g/mol. The smallest absolute Gasteiger partial charge is 0.224 e. The molecule has 26 heavy (non-hydrogen) atoms. The van der Waals surface area contributed by atoms with Crippen molar-refractivity contribution < 1.29 is 9.53 Å². The first-order valence-electron chi connectivity index (χ1n) is 8.94. The van der Waals surface area contributed by atoms with Crippen LogP contribution in [-0.2, 0) is 17.9 Å². The summed E-state index contributed by atoms with van der Waals surface area (Å²) in [7, 11) is 1.67. The molecule has 138 valence electrons. The van der Waals surface area contributed by atoms with Crippen molar-refractivity contribution in [3.63, 3.8) is 0 Å². The Balaban J connectivity index is 1.59. The maximum Gasteiger partial charge on any atom is 0.224 e. The predicted octanol–water partition coefficient (Wildman–Crippen LogP) is 3.65. The van der Waals surface area contributed by atoms with Gasteiger partial charge < -0.3 is 9.64 Å². The van der Waals surface area contributed by atoms with Crippen LogP contribution < -0.4 is 4.74 Å². The van der Waals surface area contributed by atoms with Gasteiger partial charge in [0.15, 0.2) is 0 Å². The third-order valence-electron chi connectivity index (χ3n) is 4.75. The van der Waals surface area contributed by atoms with E-state index in [4.69, 9.17) is 4.74 Å². The first-order chi connectivity index (χ1) is 12.7. The van der Waals surface area contributed by atoms with Gasteiger partial charge in [-0.3, -0.25) is 9.69 Å². The minimum atomic E-state index is 0.230. The third-order valence-corrected chi connectivity index (χ3v) is 5.50. The molecule has 0 saturated carbocycles. The summed E-state index contributed by atoms with van der Waals surface area (Å²) in [5.74, 6) is 1.06. The maximum absolute atomic E-state index is 12.5. The number of nitrogens with zero attached hydrogens (tertiary/aromatic N) is 2. The summed E-state index contributed by atoms with van der Waals surface area (Å²) in [6.07, 6.45) is 2.67. The molecule has 1 fully saturated rings. The highest BCUT2D eigenvalue weighted by atomic mass is 32.2. The molecule has 0 aliphatic carbocycles. The van der Waals surface area contributed by atoms with Crippen LogP contribution in [0.5, 0.6) is 5.75 Å².